The summed E-state index contributed by atoms with van der Waals surface area (Å²) >= 11 is 5.82. The third kappa shape index (κ3) is 5.50. The molecular weight excluding hydrogens is 527 g/mol. The molecule has 2 aromatic heterocycles. The summed E-state index contributed by atoms with van der Waals surface area (Å²) in [5.74, 6) is -8.42. The highest BCUT2D eigenvalue weighted by atomic mass is 35.5. The number of rotatable bonds is 8. The number of halogens is 6. The van der Waals surface area contributed by atoms with E-state index in [1.165, 1.54) is 27.0 Å². The molecule has 14 heteroatoms. The van der Waals surface area contributed by atoms with Crippen molar-refractivity contribution in [3.8, 4) is 23.4 Å². The van der Waals surface area contributed by atoms with Gasteiger partial charge < -0.3 is 19.1 Å². The van der Waals surface area contributed by atoms with Crippen LogP contribution in [0.25, 0.3) is 0 Å². The van der Waals surface area contributed by atoms with Crippen LogP contribution in [-0.2, 0) is 12.5 Å². The Kier molecular flexibility index (Phi) is 8.04. The second kappa shape index (κ2) is 10.7. The van der Waals surface area contributed by atoms with Crippen molar-refractivity contribution in [3.05, 3.63) is 73.8 Å². The second-order valence-electron chi connectivity index (χ2n) is 7.73. The number of aliphatic hydroxyl groups is 1. The number of nitrogens with zero attached hydrogens (tertiary/aromatic N) is 4. The van der Waals surface area contributed by atoms with Crippen LogP contribution < -0.4 is 15.0 Å². The maximum absolute atomic E-state index is 14.7. The number of hydrogen-bond donors (Lipinski definition) is 1. The molecule has 0 saturated heterocycles. The van der Waals surface area contributed by atoms with Crippen LogP contribution in [-0.4, -0.2) is 33.2 Å². The fraction of sp³-hybridized carbons (Fsp3) is 0.304. The van der Waals surface area contributed by atoms with Crippen molar-refractivity contribution >= 4 is 11.6 Å². The molecule has 1 unspecified atom stereocenters. The monoisotopic (exact) mass is 544 g/mol. The van der Waals surface area contributed by atoms with Crippen LogP contribution in [0.5, 0.6) is 17.4 Å². The lowest BCUT2D eigenvalue weighted by Crippen LogP contribution is -2.30. The molecule has 0 aliphatic heterocycles. The molecule has 0 spiro atoms. The van der Waals surface area contributed by atoms with Gasteiger partial charge in [0.15, 0.2) is 17.4 Å². The minimum atomic E-state index is -4.85. The van der Waals surface area contributed by atoms with Gasteiger partial charge in [-0.2, -0.15) is 19.0 Å². The minimum absolute atomic E-state index is 0.0196. The van der Waals surface area contributed by atoms with E-state index in [2.05, 4.69) is 9.97 Å². The number of methoxy groups -OCH3 is 1. The van der Waals surface area contributed by atoms with Crippen molar-refractivity contribution < 1.29 is 36.5 Å². The minimum Gasteiger partial charge on any atom is -0.481 e. The highest BCUT2D eigenvalue weighted by Crippen LogP contribution is 2.40. The first-order valence-electron chi connectivity index (χ1n) is 10.4. The first-order valence-corrected chi connectivity index (χ1v) is 10.8. The van der Waals surface area contributed by atoms with Crippen LogP contribution in [0.1, 0.15) is 41.2 Å². The number of pyridine rings is 1. The average Bonchev–Trinajstić information content (AvgIpc) is 2.83. The molecule has 1 aromatic carbocycles. The zero-order chi connectivity index (χ0) is 27.7. The molecular formula is C23H18ClF5N4O4. The zero-order valence-electron chi connectivity index (χ0n) is 19.4. The fourth-order valence-electron chi connectivity index (χ4n) is 3.29. The van der Waals surface area contributed by atoms with Gasteiger partial charge in [-0.1, -0.05) is 11.6 Å². The van der Waals surface area contributed by atoms with Crippen LogP contribution in [0.4, 0.5) is 22.0 Å². The second-order valence-corrected chi connectivity index (χ2v) is 8.16. The van der Waals surface area contributed by atoms with Gasteiger partial charge in [0.25, 0.3) is 5.56 Å². The molecule has 1 atom stereocenters. The Hall–Kier alpha value is -3.76. The molecule has 0 saturated carbocycles. The van der Waals surface area contributed by atoms with E-state index in [1.807, 2.05) is 0 Å². The standard InChI is InChI=1S/C23H18ClF5N4O4/c1-10-14(20(36-3)32-19(31-10)11(2)34)9-33-5-4-15(23(28,29)22(26)27)18(21(33)35)37-16-7-13(24)6-12(8-30)17(16)25/h4-7,11,22,34H,9H2,1-3H3. The predicted molar refractivity (Wildman–Crippen MR) is 120 cm³/mol. The van der Waals surface area contributed by atoms with E-state index in [4.69, 9.17) is 26.3 Å². The Balaban J connectivity index is 2.22. The van der Waals surface area contributed by atoms with Crippen LogP contribution in [0.3, 0.4) is 0 Å². The molecule has 0 aliphatic carbocycles. The SMILES string of the molecule is COc1nc(C(C)O)nc(C)c1Cn1ccc(C(F)(F)C(F)F)c(Oc2cc(Cl)cc(C#N)c2F)c1=O. The predicted octanol–water partition coefficient (Wildman–Crippen LogP) is 4.87. The quantitative estimate of drug-likeness (QED) is 0.403. The Morgan fingerprint density at radius 2 is 1.97 bits per heavy atom. The number of ether oxygens (including phenoxy) is 2. The zero-order valence-corrected chi connectivity index (χ0v) is 20.2. The summed E-state index contributed by atoms with van der Waals surface area (Å²) in [6, 6.07) is 3.73. The number of benzene rings is 1. The lowest BCUT2D eigenvalue weighted by Gasteiger charge is -2.21. The molecule has 0 bridgehead atoms. The molecule has 3 rings (SSSR count). The third-order valence-electron chi connectivity index (χ3n) is 5.18. The first-order chi connectivity index (χ1) is 17.3. The van der Waals surface area contributed by atoms with Gasteiger partial charge in [-0.05, 0) is 26.0 Å². The Morgan fingerprint density at radius 3 is 2.54 bits per heavy atom. The van der Waals surface area contributed by atoms with E-state index >= 15 is 0 Å². The summed E-state index contributed by atoms with van der Waals surface area (Å²) in [6.45, 7) is 2.53. The maximum Gasteiger partial charge on any atom is 0.336 e. The number of alkyl halides is 4. The normalized spacial score (nSPS) is 12.4. The highest BCUT2D eigenvalue weighted by Gasteiger charge is 2.46. The van der Waals surface area contributed by atoms with E-state index in [-0.39, 0.29) is 28.0 Å². The Labute approximate surface area is 211 Å². The number of nitriles is 1. The van der Waals surface area contributed by atoms with E-state index in [1.54, 1.807) is 0 Å². The Morgan fingerprint density at radius 1 is 1.30 bits per heavy atom. The van der Waals surface area contributed by atoms with Crippen LogP contribution in [0, 0.1) is 24.1 Å². The molecule has 37 heavy (non-hydrogen) atoms. The molecule has 1 N–H and O–H groups in total. The summed E-state index contributed by atoms with van der Waals surface area (Å²) in [6.07, 6.45) is -4.46. The highest BCUT2D eigenvalue weighted by molar-refractivity contribution is 6.30. The van der Waals surface area contributed by atoms with Crippen LogP contribution in [0.2, 0.25) is 5.02 Å². The molecule has 2 heterocycles. The van der Waals surface area contributed by atoms with Crippen molar-refractivity contribution in [1.29, 1.82) is 5.26 Å². The van der Waals surface area contributed by atoms with E-state index < -0.39 is 59.0 Å². The van der Waals surface area contributed by atoms with Crippen molar-refractivity contribution in [2.45, 2.75) is 38.8 Å². The molecule has 0 amide bonds. The number of aliphatic hydroxyl groups excluding tert-OH is 1. The third-order valence-corrected chi connectivity index (χ3v) is 5.40. The first kappa shape index (κ1) is 27.8. The van der Waals surface area contributed by atoms with Gasteiger partial charge in [0.1, 0.15) is 12.2 Å². The van der Waals surface area contributed by atoms with Crippen molar-refractivity contribution in [2.75, 3.05) is 7.11 Å². The van der Waals surface area contributed by atoms with Gasteiger partial charge in [0.05, 0.1) is 30.3 Å². The van der Waals surface area contributed by atoms with Crippen molar-refractivity contribution in [2.24, 2.45) is 0 Å². The molecule has 0 radical (unpaired) electrons. The van der Waals surface area contributed by atoms with Gasteiger partial charge in [-0.25, -0.2) is 18.2 Å². The van der Waals surface area contributed by atoms with Gasteiger partial charge in [0, 0.05) is 23.0 Å². The number of aryl methyl sites for hydroxylation is 1. The summed E-state index contributed by atoms with van der Waals surface area (Å²) in [5.41, 5.74) is -3.01. The number of hydrogen-bond acceptors (Lipinski definition) is 7. The van der Waals surface area contributed by atoms with Gasteiger partial charge in [-0.3, -0.25) is 4.79 Å². The van der Waals surface area contributed by atoms with Gasteiger partial charge >= 0.3 is 12.3 Å². The van der Waals surface area contributed by atoms with E-state index in [0.29, 0.717) is 6.07 Å². The van der Waals surface area contributed by atoms with Gasteiger partial charge in [0.2, 0.25) is 11.6 Å². The van der Waals surface area contributed by atoms with Crippen molar-refractivity contribution in [3.63, 3.8) is 0 Å². The Bertz CT molecular complexity index is 1440. The lowest BCUT2D eigenvalue weighted by molar-refractivity contribution is -0.136. The largest absolute Gasteiger partial charge is 0.481 e. The molecule has 8 nitrogen and oxygen atoms in total. The smallest absolute Gasteiger partial charge is 0.336 e. The summed E-state index contributed by atoms with van der Waals surface area (Å²) < 4.78 is 81.0. The van der Waals surface area contributed by atoms with Gasteiger partial charge in [-0.15, -0.1) is 0 Å². The maximum atomic E-state index is 14.7. The topological polar surface area (TPSA) is 110 Å². The fourth-order valence-corrected chi connectivity index (χ4v) is 3.49. The summed E-state index contributed by atoms with van der Waals surface area (Å²) in [5, 5.41) is 18.6. The average molecular weight is 545 g/mol. The van der Waals surface area contributed by atoms with Crippen LogP contribution in [0.15, 0.2) is 29.2 Å². The molecule has 3 aromatic rings. The van der Waals surface area contributed by atoms with E-state index in [0.717, 1.165) is 22.9 Å². The number of aromatic nitrogens is 3. The van der Waals surface area contributed by atoms with Crippen LogP contribution >= 0.6 is 11.6 Å². The summed E-state index contributed by atoms with van der Waals surface area (Å²) in [7, 11) is 1.26. The van der Waals surface area contributed by atoms with E-state index in [9.17, 15) is 31.9 Å². The summed E-state index contributed by atoms with van der Waals surface area (Å²) in [4.78, 5) is 21.4. The molecule has 0 aliphatic rings. The lowest BCUT2D eigenvalue weighted by atomic mass is 10.1. The molecule has 196 valence electrons. The van der Waals surface area contributed by atoms with Crippen molar-refractivity contribution in [1.82, 2.24) is 14.5 Å². The molecule has 0 fully saturated rings.